The Morgan fingerprint density at radius 2 is 1.73 bits per heavy atom. The third kappa shape index (κ3) is 5.46. The Hall–Kier alpha value is -2.60. The summed E-state index contributed by atoms with van der Waals surface area (Å²) in [4.78, 5) is 25.3. The van der Waals surface area contributed by atoms with Gasteiger partial charge in [0, 0.05) is 5.69 Å². The van der Waals surface area contributed by atoms with Crippen LogP contribution in [0.25, 0.3) is 0 Å². The minimum absolute atomic E-state index is 0.107. The number of aryl methyl sites for hydroxylation is 3. The molecule has 0 saturated carbocycles. The molecule has 0 fully saturated rings. The van der Waals surface area contributed by atoms with E-state index in [9.17, 15) is 9.59 Å². The summed E-state index contributed by atoms with van der Waals surface area (Å²) in [6.45, 7) is 8.29. The summed E-state index contributed by atoms with van der Waals surface area (Å²) in [7, 11) is 1.82. The summed E-state index contributed by atoms with van der Waals surface area (Å²) >= 11 is 0. The maximum absolute atomic E-state index is 12.3. The fraction of sp³-hybridized carbons (Fsp3) is 0.400. The molecule has 0 bridgehead atoms. The highest BCUT2D eigenvalue weighted by Crippen LogP contribution is 2.21. The fourth-order valence-corrected chi connectivity index (χ4v) is 3.07. The summed E-state index contributed by atoms with van der Waals surface area (Å²) in [6.07, 6.45) is 1.58. The van der Waals surface area contributed by atoms with E-state index < -0.39 is 0 Å². The van der Waals surface area contributed by atoms with Gasteiger partial charge in [0.15, 0.2) is 13.1 Å². The van der Waals surface area contributed by atoms with Gasteiger partial charge < -0.3 is 20.0 Å². The minimum atomic E-state index is -0.197. The van der Waals surface area contributed by atoms with Gasteiger partial charge in [-0.3, -0.25) is 9.59 Å². The molecule has 2 amide bonds. The van der Waals surface area contributed by atoms with E-state index in [1.54, 1.807) is 12.3 Å². The van der Waals surface area contributed by atoms with Crippen molar-refractivity contribution in [3.8, 4) is 0 Å². The Morgan fingerprint density at radius 1 is 1.12 bits per heavy atom. The molecular weight excluding hydrogens is 330 g/mol. The van der Waals surface area contributed by atoms with E-state index in [4.69, 9.17) is 4.42 Å². The normalized spacial score (nSPS) is 13.1. The van der Waals surface area contributed by atoms with Gasteiger partial charge in [-0.05, 0) is 51.0 Å². The lowest BCUT2D eigenvalue weighted by atomic mass is 10.1. The zero-order chi connectivity index (χ0) is 19.3. The molecule has 2 aromatic rings. The van der Waals surface area contributed by atoms with Crippen LogP contribution in [0.4, 0.5) is 5.69 Å². The van der Waals surface area contributed by atoms with Crippen molar-refractivity contribution in [1.29, 1.82) is 0 Å². The van der Waals surface area contributed by atoms with Crippen molar-refractivity contribution in [2.45, 2.75) is 33.7 Å². The lowest BCUT2D eigenvalue weighted by molar-refractivity contribution is -0.862. The topological polar surface area (TPSA) is 75.8 Å². The van der Waals surface area contributed by atoms with Crippen molar-refractivity contribution in [3.05, 3.63) is 53.0 Å². The Labute approximate surface area is 154 Å². The Morgan fingerprint density at radius 3 is 2.31 bits per heavy atom. The molecule has 1 unspecified atom stereocenters. The number of carbonyl (C=O) groups is 2. The molecule has 6 heteroatoms. The van der Waals surface area contributed by atoms with Crippen molar-refractivity contribution in [2.75, 3.05) is 25.5 Å². The van der Waals surface area contributed by atoms with E-state index >= 15 is 0 Å². The van der Waals surface area contributed by atoms with Gasteiger partial charge in [-0.25, -0.2) is 0 Å². The van der Waals surface area contributed by atoms with Crippen LogP contribution in [0, 0.1) is 20.8 Å². The SMILES string of the molecule is Cc1cc(C)c(NC(=O)C[NH+](C)CC(=O)N[C@@H](C)c2ccco2)c(C)c1. The lowest BCUT2D eigenvalue weighted by Crippen LogP contribution is -3.11. The molecule has 0 aliphatic rings. The number of anilines is 1. The first-order valence-electron chi connectivity index (χ1n) is 8.78. The van der Waals surface area contributed by atoms with Gasteiger partial charge in [0.1, 0.15) is 5.76 Å². The maximum atomic E-state index is 12.3. The summed E-state index contributed by atoms with van der Waals surface area (Å²) in [6, 6.07) is 7.50. The number of hydrogen-bond acceptors (Lipinski definition) is 3. The standard InChI is InChI=1S/C20H27N3O3/c1-13-9-14(2)20(15(3)10-13)22-19(25)12-23(5)11-18(24)21-16(4)17-7-6-8-26-17/h6-10,16H,11-12H2,1-5H3,(H,21,24)(H,22,25)/p+1/t16-/m0/s1. The molecule has 0 spiro atoms. The molecule has 140 valence electrons. The molecule has 26 heavy (non-hydrogen) atoms. The van der Waals surface area contributed by atoms with Gasteiger partial charge in [0.2, 0.25) is 0 Å². The van der Waals surface area contributed by atoms with Crippen LogP contribution in [-0.2, 0) is 9.59 Å². The number of likely N-dealkylation sites (N-methyl/N-ethyl adjacent to an activating group) is 1. The summed E-state index contributed by atoms with van der Waals surface area (Å²) in [5.74, 6) is 0.477. The van der Waals surface area contributed by atoms with Crippen LogP contribution in [0.5, 0.6) is 0 Å². The predicted molar refractivity (Wildman–Crippen MR) is 101 cm³/mol. The molecule has 2 atom stereocenters. The number of benzene rings is 1. The third-order valence-electron chi connectivity index (χ3n) is 4.21. The average Bonchev–Trinajstić information content (AvgIpc) is 3.04. The largest absolute Gasteiger partial charge is 0.467 e. The molecule has 3 N–H and O–H groups in total. The molecule has 0 radical (unpaired) electrons. The van der Waals surface area contributed by atoms with Gasteiger partial charge >= 0.3 is 0 Å². The molecular formula is C20H28N3O3+. The van der Waals surface area contributed by atoms with E-state index in [2.05, 4.69) is 10.6 Å². The van der Waals surface area contributed by atoms with E-state index in [1.807, 2.05) is 52.9 Å². The number of furan rings is 1. The molecule has 1 heterocycles. The Kier molecular flexibility index (Phi) is 6.58. The van der Waals surface area contributed by atoms with E-state index in [0.29, 0.717) is 5.76 Å². The lowest BCUT2D eigenvalue weighted by Gasteiger charge is -2.17. The van der Waals surface area contributed by atoms with E-state index in [-0.39, 0.29) is 30.9 Å². The quantitative estimate of drug-likeness (QED) is 0.703. The molecule has 0 saturated heterocycles. The van der Waals surface area contributed by atoms with Crippen LogP contribution in [0.1, 0.15) is 35.4 Å². The van der Waals surface area contributed by atoms with Crippen molar-refractivity contribution < 1.29 is 18.9 Å². The zero-order valence-electron chi connectivity index (χ0n) is 16.1. The Bertz CT molecular complexity index is 746. The second-order valence-electron chi connectivity index (χ2n) is 6.94. The van der Waals surface area contributed by atoms with Gasteiger partial charge in [-0.2, -0.15) is 0 Å². The number of rotatable bonds is 7. The van der Waals surface area contributed by atoms with Crippen LogP contribution in [0.3, 0.4) is 0 Å². The smallest absolute Gasteiger partial charge is 0.279 e. The van der Waals surface area contributed by atoms with Crippen molar-refractivity contribution in [2.24, 2.45) is 0 Å². The highest BCUT2D eigenvalue weighted by atomic mass is 16.3. The van der Waals surface area contributed by atoms with Gasteiger partial charge in [0.05, 0.1) is 19.4 Å². The highest BCUT2D eigenvalue weighted by Gasteiger charge is 2.18. The number of quaternary nitrogens is 1. The molecule has 6 nitrogen and oxygen atoms in total. The van der Waals surface area contributed by atoms with Crippen LogP contribution in [0.2, 0.25) is 0 Å². The first-order valence-corrected chi connectivity index (χ1v) is 8.78. The van der Waals surface area contributed by atoms with Crippen molar-refractivity contribution in [3.63, 3.8) is 0 Å². The van der Waals surface area contributed by atoms with E-state index in [0.717, 1.165) is 21.7 Å². The van der Waals surface area contributed by atoms with Gasteiger partial charge in [-0.15, -0.1) is 0 Å². The first-order chi connectivity index (χ1) is 12.3. The highest BCUT2D eigenvalue weighted by molar-refractivity contribution is 5.93. The van der Waals surface area contributed by atoms with Crippen LogP contribution < -0.4 is 15.5 Å². The first kappa shape index (κ1) is 19.7. The molecule has 1 aromatic heterocycles. The fourth-order valence-electron chi connectivity index (χ4n) is 3.07. The number of carbonyl (C=O) groups excluding carboxylic acids is 2. The second kappa shape index (κ2) is 8.67. The number of nitrogens with one attached hydrogen (secondary N) is 3. The molecule has 2 rings (SSSR count). The minimum Gasteiger partial charge on any atom is -0.467 e. The number of amides is 2. The average molecular weight is 358 g/mol. The maximum Gasteiger partial charge on any atom is 0.279 e. The zero-order valence-corrected chi connectivity index (χ0v) is 16.1. The Balaban J connectivity index is 1.84. The summed E-state index contributed by atoms with van der Waals surface area (Å²) in [5, 5.41) is 5.84. The summed E-state index contributed by atoms with van der Waals surface area (Å²) < 4.78 is 5.28. The van der Waals surface area contributed by atoms with Crippen molar-refractivity contribution in [1.82, 2.24) is 5.32 Å². The molecule has 1 aromatic carbocycles. The summed E-state index contributed by atoms with van der Waals surface area (Å²) in [5.41, 5.74) is 4.10. The van der Waals surface area contributed by atoms with Crippen LogP contribution >= 0.6 is 0 Å². The molecule has 0 aliphatic carbocycles. The molecule has 0 aliphatic heterocycles. The van der Waals surface area contributed by atoms with Crippen molar-refractivity contribution >= 4 is 17.5 Å². The third-order valence-corrected chi connectivity index (χ3v) is 4.21. The van der Waals surface area contributed by atoms with Gasteiger partial charge in [-0.1, -0.05) is 17.7 Å². The van der Waals surface area contributed by atoms with Gasteiger partial charge in [0.25, 0.3) is 11.8 Å². The predicted octanol–water partition coefficient (Wildman–Crippen LogP) is 1.54. The number of hydrogen-bond donors (Lipinski definition) is 3. The van der Waals surface area contributed by atoms with Crippen LogP contribution in [0.15, 0.2) is 34.9 Å². The van der Waals surface area contributed by atoms with Crippen LogP contribution in [-0.4, -0.2) is 32.0 Å². The second-order valence-corrected chi connectivity index (χ2v) is 6.94. The monoisotopic (exact) mass is 358 g/mol. The van der Waals surface area contributed by atoms with E-state index in [1.165, 1.54) is 5.56 Å².